The lowest BCUT2D eigenvalue weighted by atomic mass is 10.1. The second-order valence-electron chi connectivity index (χ2n) is 4.42. The number of carbonyl (C=O) groups excluding carboxylic acids is 1. The van der Waals surface area contributed by atoms with Gasteiger partial charge >= 0.3 is 0 Å². The molecule has 3 nitrogen and oxygen atoms in total. The highest BCUT2D eigenvalue weighted by molar-refractivity contribution is 9.10. The first kappa shape index (κ1) is 15.1. The van der Waals surface area contributed by atoms with Gasteiger partial charge in [-0.1, -0.05) is 34.1 Å². The van der Waals surface area contributed by atoms with Crippen molar-refractivity contribution in [3.05, 3.63) is 62.5 Å². The first-order valence-electron chi connectivity index (χ1n) is 5.96. The number of amides is 1. The zero-order valence-electron chi connectivity index (χ0n) is 10.8. The summed E-state index contributed by atoms with van der Waals surface area (Å²) in [5, 5.41) is 9.64. The van der Waals surface area contributed by atoms with E-state index in [1.165, 1.54) is 6.07 Å². The standard InChI is InChI=1S/C15H13Br2NO2/c1-18(9-11-4-2-3-5-12(11)16)15(20)10-6-7-13(17)14(19)8-10/h2-8,19H,9H2,1H3. The third kappa shape index (κ3) is 3.41. The largest absolute Gasteiger partial charge is 0.507 e. The number of hydrogen-bond donors (Lipinski definition) is 1. The summed E-state index contributed by atoms with van der Waals surface area (Å²) >= 11 is 6.66. The van der Waals surface area contributed by atoms with E-state index in [1.54, 1.807) is 24.1 Å². The van der Waals surface area contributed by atoms with E-state index in [1.807, 2.05) is 24.3 Å². The van der Waals surface area contributed by atoms with Gasteiger partial charge in [-0.3, -0.25) is 4.79 Å². The zero-order chi connectivity index (χ0) is 14.7. The maximum absolute atomic E-state index is 12.3. The van der Waals surface area contributed by atoms with Gasteiger partial charge in [0.05, 0.1) is 4.47 Å². The van der Waals surface area contributed by atoms with Crippen molar-refractivity contribution in [2.75, 3.05) is 7.05 Å². The fourth-order valence-corrected chi connectivity index (χ4v) is 2.48. The maximum atomic E-state index is 12.3. The fourth-order valence-electron chi connectivity index (χ4n) is 1.82. The van der Waals surface area contributed by atoms with Crippen LogP contribution in [-0.4, -0.2) is 23.0 Å². The van der Waals surface area contributed by atoms with Crippen molar-refractivity contribution in [2.45, 2.75) is 6.54 Å². The van der Waals surface area contributed by atoms with Crippen LogP contribution in [0.4, 0.5) is 0 Å². The molecule has 0 radical (unpaired) electrons. The Hall–Kier alpha value is -1.33. The Balaban J connectivity index is 2.16. The molecule has 0 unspecified atom stereocenters. The molecule has 0 atom stereocenters. The third-order valence-corrected chi connectivity index (χ3v) is 4.35. The molecular formula is C15H13Br2NO2. The van der Waals surface area contributed by atoms with E-state index >= 15 is 0 Å². The number of nitrogens with zero attached hydrogens (tertiary/aromatic N) is 1. The van der Waals surface area contributed by atoms with Gasteiger partial charge in [0.1, 0.15) is 5.75 Å². The molecule has 0 aliphatic carbocycles. The molecule has 0 heterocycles. The average molecular weight is 399 g/mol. The van der Waals surface area contributed by atoms with Crippen LogP contribution >= 0.6 is 31.9 Å². The summed E-state index contributed by atoms with van der Waals surface area (Å²) in [5.74, 6) is -0.0753. The number of benzene rings is 2. The van der Waals surface area contributed by atoms with Crippen LogP contribution in [0.15, 0.2) is 51.4 Å². The topological polar surface area (TPSA) is 40.5 Å². The van der Waals surface area contributed by atoms with Gasteiger partial charge in [-0.15, -0.1) is 0 Å². The number of rotatable bonds is 3. The Morgan fingerprint density at radius 3 is 2.50 bits per heavy atom. The summed E-state index contributed by atoms with van der Waals surface area (Å²) in [5.41, 5.74) is 1.49. The third-order valence-electron chi connectivity index (χ3n) is 2.91. The Labute approximate surface area is 134 Å². The molecule has 1 amide bonds. The van der Waals surface area contributed by atoms with Gasteiger partial charge in [0, 0.05) is 23.6 Å². The van der Waals surface area contributed by atoms with Crippen LogP contribution in [0.5, 0.6) is 5.75 Å². The number of phenols is 1. The average Bonchev–Trinajstić information content (AvgIpc) is 2.43. The van der Waals surface area contributed by atoms with Crippen LogP contribution in [0.3, 0.4) is 0 Å². The smallest absolute Gasteiger partial charge is 0.254 e. The van der Waals surface area contributed by atoms with Crippen molar-refractivity contribution in [2.24, 2.45) is 0 Å². The van der Waals surface area contributed by atoms with Crippen molar-refractivity contribution in [3.63, 3.8) is 0 Å². The molecule has 20 heavy (non-hydrogen) atoms. The molecule has 0 spiro atoms. The quantitative estimate of drug-likeness (QED) is 0.841. The SMILES string of the molecule is CN(Cc1ccccc1Br)C(=O)c1ccc(Br)c(O)c1. The molecule has 0 fully saturated rings. The minimum atomic E-state index is -0.136. The van der Waals surface area contributed by atoms with Gasteiger partial charge in [-0.05, 0) is 45.8 Å². The molecule has 0 bridgehead atoms. The van der Waals surface area contributed by atoms with Crippen LogP contribution < -0.4 is 0 Å². The van der Waals surface area contributed by atoms with E-state index in [2.05, 4.69) is 31.9 Å². The summed E-state index contributed by atoms with van der Waals surface area (Å²) in [4.78, 5) is 13.9. The summed E-state index contributed by atoms with van der Waals surface area (Å²) in [6, 6.07) is 12.6. The van der Waals surface area contributed by atoms with E-state index < -0.39 is 0 Å². The second-order valence-corrected chi connectivity index (χ2v) is 6.13. The molecule has 1 N–H and O–H groups in total. The molecule has 0 aromatic heterocycles. The van der Waals surface area contributed by atoms with Crippen LogP contribution in [0.1, 0.15) is 15.9 Å². The normalized spacial score (nSPS) is 10.3. The summed E-state index contributed by atoms with van der Waals surface area (Å²) in [7, 11) is 1.74. The molecule has 104 valence electrons. The molecule has 0 aliphatic rings. The minimum absolute atomic E-state index is 0.0603. The van der Waals surface area contributed by atoms with Gasteiger partial charge in [0.25, 0.3) is 5.91 Å². The lowest BCUT2D eigenvalue weighted by Gasteiger charge is -2.18. The van der Waals surface area contributed by atoms with E-state index in [0.717, 1.165) is 10.0 Å². The molecule has 0 saturated heterocycles. The number of halogens is 2. The number of hydrogen-bond acceptors (Lipinski definition) is 2. The lowest BCUT2D eigenvalue weighted by molar-refractivity contribution is 0.0784. The predicted octanol–water partition coefficient (Wildman–Crippen LogP) is 4.19. The van der Waals surface area contributed by atoms with Crippen LogP contribution in [0.25, 0.3) is 0 Å². The van der Waals surface area contributed by atoms with Crippen molar-refractivity contribution in [1.29, 1.82) is 0 Å². The summed E-state index contributed by atoms with van der Waals surface area (Å²) in [6.45, 7) is 0.497. The molecule has 0 saturated carbocycles. The Morgan fingerprint density at radius 1 is 1.15 bits per heavy atom. The van der Waals surface area contributed by atoms with Crippen LogP contribution in [-0.2, 0) is 6.54 Å². The number of aromatic hydroxyl groups is 1. The molecule has 2 aromatic carbocycles. The van der Waals surface area contributed by atoms with Gasteiger partial charge in [0.15, 0.2) is 0 Å². The van der Waals surface area contributed by atoms with Crippen LogP contribution in [0, 0.1) is 0 Å². The Kier molecular flexibility index (Phi) is 4.83. The van der Waals surface area contributed by atoms with Crippen molar-refractivity contribution in [3.8, 4) is 5.75 Å². The second kappa shape index (κ2) is 6.41. The molecular weight excluding hydrogens is 386 g/mol. The monoisotopic (exact) mass is 397 g/mol. The Bertz CT molecular complexity index is 644. The Morgan fingerprint density at radius 2 is 1.85 bits per heavy atom. The highest BCUT2D eigenvalue weighted by Crippen LogP contribution is 2.25. The zero-order valence-corrected chi connectivity index (χ0v) is 14.0. The van der Waals surface area contributed by atoms with Crippen molar-refractivity contribution < 1.29 is 9.90 Å². The molecule has 2 rings (SSSR count). The van der Waals surface area contributed by atoms with Crippen molar-refractivity contribution >= 4 is 37.8 Å². The maximum Gasteiger partial charge on any atom is 0.254 e. The summed E-state index contributed by atoms with van der Waals surface area (Å²) < 4.78 is 1.54. The van der Waals surface area contributed by atoms with Gasteiger partial charge < -0.3 is 10.0 Å². The predicted molar refractivity (Wildman–Crippen MR) is 85.7 cm³/mol. The highest BCUT2D eigenvalue weighted by atomic mass is 79.9. The fraction of sp³-hybridized carbons (Fsp3) is 0.133. The summed E-state index contributed by atoms with van der Waals surface area (Å²) in [6.07, 6.45) is 0. The molecule has 5 heteroatoms. The lowest BCUT2D eigenvalue weighted by Crippen LogP contribution is -2.26. The molecule has 2 aromatic rings. The first-order chi connectivity index (χ1) is 9.49. The van der Waals surface area contributed by atoms with E-state index in [4.69, 9.17) is 0 Å². The van der Waals surface area contributed by atoms with Crippen molar-refractivity contribution in [1.82, 2.24) is 4.90 Å². The van der Waals surface area contributed by atoms with Gasteiger partial charge in [-0.25, -0.2) is 0 Å². The van der Waals surface area contributed by atoms with E-state index in [9.17, 15) is 9.90 Å². The molecule has 0 aliphatic heterocycles. The van der Waals surface area contributed by atoms with E-state index in [-0.39, 0.29) is 11.7 Å². The first-order valence-corrected chi connectivity index (χ1v) is 7.55. The number of phenolic OH excluding ortho intramolecular Hbond substituents is 1. The van der Waals surface area contributed by atoms with Gasteiger partial charge in [-0.2, -0.15) is 0 Å². The minimum Gasteiger partial charge on any atom is -0.507 e. The van der Waals surface area contributed by atoms with Crippen LogP contribution in [0.2, 0.25) is 0 Å². The number of carbonyl (C=O) groups is 1. The van der Waals surface area contributed by atoms with E-state index in [0.29, 0.717) is 16.6 Å². The highest BCUT2D eigenvalue weighted by Gasteiger charge is 2.14. The van der Waals surface area contributed by atoms with Gasteiger partial charge in [0.2, 0.25) is 0 Å².